The lowest BCUT2D eigenvalue weighted by molar-refractivity contribution is -0.119. The highest BCUT2D eigenvalue weighted by Gasteiger charge is 2.32. The van der Waals surface area contributed by atoms with Crippen molar-refractivity contribution in [1.29, 1.82) is 0 Å². The first-order valence-electron chi connectivity index (χ1n) is 8.50. The number of amides is 3. The molecule has 3 rings (SSSR count). The highest BCUT2D eigenvalue weighted by atomic mass is 16.3. The largest absolute Gasteiger partial charge is 0.504 e. The number of benzene rings is 1. The van der Waals surface area contributed by atoms with E-state index in [1.165, 1.54) is 12.6 Å². The van der Waals surface area contributed by atoms with E-state index >= 15 is 0 Å². The van der Waals surface area contributed by atoms with Crippen LogP contribution in [0.25, 0.3) is 0 Å². The second-order valence-corrected chi connectivity index (χ2v) is 6.60. The van der Waals surface area contributed by atoms with Gasteiger partial charge in [0.1, 0.15) is 0 Å². The third-order valence-corrected chi connectivity index (χ3v) is 4.96. The van der Waals surface area contributed by atoms with Gasteiger partial charge in [-0.15, -0.1) is 0 Å². The normalized spacial score (nSPS) is 24.1. The minimum absolute atomic E-state index is 0.0411. The monoisotopic (exact) mass is 341 g/mol. The number of nitrogens with one attached hydrogen (secondary N) is 2. The van der Waals surface area contributed by atoms with Crippen molar-refractivity contribution in [3.05, 3.63) is 59.6 Å². The fraction of sp³-hybridized carbons (Fsp3) is 0.368. The van der Waals surface area contributed by atoms with Gasteiger partial charge in [-0.1, -0.05) is 36.9 Å². The van der Waals surface area contributed by atoms with Crippen molar-refractivity contribution in [2.45, 2.75) is 37.6 Å². The lowest BCUT2D eigenvalue weighted by Gasteiger charge is -2.32. The number of aliphatic hydroxyl groups excluding tert-OH is 1. The molecule has 1 saturated carbocycles. The lowest BCUT2D eigenvalue weighted by atomic mass is 9.82. The Morgan fingerprint density at radius 3 is 2.52 bits per heavy atom. The number of urea groups is 1. The molecule has 0 unspecified atom stereocenters. The van der Waals surface area contributed by atoms with Crippen LogP contribution in [-0.4, -0.2) is 35.0 Å². The molecule has 1 heterocycles. The standard InChI is InChI=1S/C19H23N3O3/c1-12-17(23)16(22(2)19(25)20-12)18(24)21-15-10-8-14(9-11-15)13-6-4-3-5-7-13/h3-7,14-15,23H,1,8-11H2,2H3,(H,20,25)(H,21,24). The van der Waals surface area contributed by atoms with Crippen molar-refractivity contribution in [2.24, 2.45) is 0 Å². The molecule has 3 amide bonds. The predicted octanol–water partition coefficient (Wildman–Crippen LogP) is 2.77. The molecule has 3 N–H and O–H groups in total. The van der Waals surface area contributed by atoms with E-state index in [4.69, 9.17) is 0 Å². The summed E-state index contributed by atoms with van der Waals surface area (Å²) >= 11 is 0. The molecule has 1 aliphatic heterocycles. The Hall–Kier alpha value is -2.76. The fourth-order valence-electron chi connectivity index (χ4n) is 3.49. The Bertz CT molecular complexity index is 719. The molecule has 0 radical (unpaired) electrons. The van der Waals surface area contributed by atoms with Crippen LogP contribution in [0.1, 0.15) is 37.2 Å². The predicted molar refractivity (Wildman–Crippen MR) is 94.7 cm³/mol. The summed E-state index contributed by atoms with van der Waals surface area (Å²) in [7, 11) is 1.44. The number of nitrogens with zero attached hydrogens (tertiary/aromatic N) is 1. The van der Waals surface area contributed by atoms with Crippen molar-refractivity contribution >= 4 is 11.9 Å². The summed E-state index contributed by atoms with van der Waals surface area (Å²) in [6, 6.07) is 9.96. The third kappa shape index (κ3) is 3.52. The molecule has 132 valence electrons. The van der Waals surface area contributed by atoms with Gasteiger partial charge in [-0.25, -0.2) is 4.79 Å². The van der Waals surface area contributed by atoms with Crippen LogP contribution in [0, 0.1) is 0 Å². The van der Waals surface area contributed by atoms with E-state index in [1.807, 2.05) is 6.07 Å². The van der Waals surface area contributed by atoms with E-state index in [-0.39, 0.29) is 23.2 Å². The molecule has 1 aromatic rings. The second kappa shape index (κ2) is 7.01. The lowest BCUT2D eigenvalue weighted by Crippen LogP contribution is -2.48. The Morgan fingerprint density at radius 1 is 1.24 bits per heavy atom. The zero-order valence-electron chi connectivity index (χ0n) is 14.3. The number of aliphatic hydroxyl groups is 1. The summed E-state index contributed by atoms with van der Waals surface area (Å²) in [5, 5.41) is 15.4. The molecule has 1 aromatic carbocycles. The van der Waals surface area contributed by atoms with Crippen LogP contribution >= 0.6 is 0 Å². The molecule has 1 aliphatic carbocycles. The van der Waals surface area contributed by atoms with Crippen LogP contribution < -0.4 is 10.6 Å². The third-order valence-electron chi connectivity index (χ3n) is 4.96. The number of hydrogen-bond acceptors (Lipinski definition) is 3. The molecular formula is C19H23N3O3. The van der Waals surface area contributed by atoms with E-state index in [9.17, 15) is 14.7 Å². The molecule has 0 aromatic heterocycles. The Labute approximate surface area is 147 Å². The molecule has 0 spiro atoms. The maximum atomic E-state index is 12.5. The number of likely N-dealkylation sites (N-methyl/N-ethyl adjacent to an activating group) is 1. The number of hydrogen-bond donors (Lipinski definition) is 3. The first kappa shape index (κ1) is 17.1. The van der Waals surface area contributed by atoms with Crippen LogP contribution in [0.4, 0.5) is 4.79 Å². The minimum Gasteiger partial charge on any atom is -0.504 e. The molecule has 25 heavy (non-hydrogen) atoms. The molecule has 0 atom stereocenters. The summed E-state index contributed by atoms with van der Waals surface area (Å²) < 4.78 is 0. The summed E-state index contributed by atoms with van der Waals surface area (Å²) in [6.07, 6.45) is 3.75. The summed E-state index contributed by atoms with van der Waals surface area (Å²) in [6.45, 7) is 3.56. The van der Waals surface area contributed by atoms with Gasteiger partial charge in [-0.3, -0.25) is 9.69 Å². The van der Waals surface area contributed by atoms with Gasteiger partial charge in [-0.2, -0.15) is 0 Å². The Balaban J connectivity index is 1.62. The van der Waals surface area contributed by atoms with Gasteiger partial charge in [0.25, 0.3) is 5.91 Å². The van der Waals surface area contributed by atoms with Crippen LogP contribution in [0.3, 0.4) is 0 Å². The van der Waals surface area contributed by atoms with Gasteiger partial charge in [0, 0.05) is 13.1 Å². The first-order valence-corrected chi connectivity index (χ1v) is 8.50. The zero-order valence-corrected chi connectivity index (χ0v) is 14.3. The first-order chi connectivity index (χ1) is 12.0. The molecule has 6 heteroatoms. The second-order valence-electron chi connectivity index (χ2n) is 6.60. The van der Waals surface area contributed by atoms with Gasteiger partial charge in [0.2, 0.25) is 0 Å². The zero-order chi connectivity index (χ0) is 18.0. The maximum absolute atomic E-state index is 12.5. The van der Waals surface area contributed by atoms with Crippen molar-refractivity contribution in [3.8, 4) is 0 Å². The molecular weight excluding hydrogens is 318 g/mol. The average molecular weight is 341 g/mol. The SMILES string of the molecule is C=C1NC(=O)N(C)C(C(=O)NC2CCC(c3ccccc3)CC2)=C1O. The van der Waals surface area contributed by atoms with Crippen LogP contribution in [0.15, 0.2) is 54.1 Å². The average Bonchev–Trinajstić information content (AvgIpc) is 2.62. The highest BCUT2D eigenvalue weighted by Crippen LogP contribution is 2.33. The maximum Gasteiger partial charge on any atom is 0.326 e. The molecule has 1 fully saturated rings. The van der Waals surface area contributed by atoms with Crippen molar-refractivity contribution in [2.75, 3.05) is 7.05 Å². The number of carbonyl (C=O) groups excluding carboxylic acids is 2. The summed E-state index contributed by atoms with van der Waals surface area (Å²) in [4.78, 5) is 25.4. The smallest absolute Gasteiger partial charge is 0.326 e. The quantitative estimate of drug-likeness (QED) is 0.791. The minimum atomic E-state index is -0.485. The van der Waals surface area contributed by atoms with E-state index in [1.54, 1.807) is 0 Å². The van der Waals surface area contributed by atoms with Crippen LogP contribution in [0.2, 0.25) is 0 Å². The molecule has 6 nitrogen and oxygen atoms in total. The van der Waals surface area contributed by atoms with Gasteiger partial charge < -0.3 is 15.7 Å². The van der Waals surface area contributed by atoms with E-state index < -0.39 is 11.9 Å². The van der Waals surface area contributed by atoms with Gasteiger partial charge >= 0.3 is 6.03 Å². The molecule has 2 aliphatic rings. The van der Waals surface area contributed by atoms with E-state index in [2.05, 4.69) is 41.5 Å². The summed E-state index contributed by atoms with van der Waals surface area (Å²) in [5.74, 6) is -0.221. The fourth-order valence-corrected chi connectivity index (χ4v) is 3.49. The van der Waals surface area contributed by atoms with Crippen LogP contribution in [-0.2, 0) is 4.79 Å². The van der Waals surface area contributed by atoms with Gasteiger partial charge in [0.15, 0.2) is 11.5 Å². The highest BCUT2D eigenvalue weighted by molar-refractivity contribution is 6.00. The molecule has 0 bridgehead atoms. The Morgan fingerprint density at radius 2 is 1.88 bits per heavy atom. The van der Waals surface area contributed by atoms with E-state index in [0.717, 1.165) is 30.6 Å². The number of rotatable bonds is 3. The van der Waals surface area contributed by atoms with Crippen LogP contribution in [0.5, 0.6) is 0 Å². The van der Waals surface area contributed by atoms with Gasteiger partial charge in [0.05, 0.1) is 5.70 Å². The van der Waals surface area contributed by atoms with Gasteiger partial charge in [-0.05, 0) is 37.2 Å². The number of carbonyl (C=O) groups is 2. The molecule has 0 saturated heterocycles. The summed E-state index contributed by atoms with van der Waals surface area (Å²) in [5.41, 5.74) is 1.33. The van der Waals surface area contributed by atoms with Crippen molar-refractivity contribution < 1.29 is 14.7 Å². The Kier molecular flexibility index (Phi) is 4.79. The van der Waals surface area contributed by atoms with Crippen molar-refractivity contribution in [1.82, 2.24) is 15.5 Å². The topological polar surface area (TPSA) is 81.7 Å². The van der Waals surface area contributed by atoms with E-state index in [0.29, 0.717) is 5.92 Å². The van der Waals surface area contributed by atoms with Crippen molar-refractivity contribution in [3.63, 3.8) is 0 Å².